The first-order chi connectivity index (χ1) is 12.2. The fourth-order valence-corrected chi connectivity index (χ4v) is 4.26. The van der Waals surface area contributed by atoms with Gasteiger partial charge in [-0.3, -0.25) is 4.55 Å². The van der Waals surface area contributed by atoms with Crippen LogP contribution < -0.4 is 0 Å². The number of hydrogen-bond donors (Lipinski definition) is 5. The molecule has 0 amide bonds. The van der Waals surface area contributed by atoms with E-state index in [1.54, 1.807) is 30.3 Å². The molecule has 0 aliphatic heterocycles. The maximum atomic E-state index is 10.8. The van der Waals surface area contributed by atoms with Gasteiger partial charge < -0.3 is 20.4 Å². The predicted octanol–water partition coefficient (Wildman–Crippen LogP) is -0.441. The molecule has 1 aliphatic carbocycles. The molecule has 0 radical (unpaired) electrons. The largest absolute Gasteiger partial charge is 0.466 e. The highest BCUT2D eigenvalue weighted by atomic mass is 32.3. The van der Waals surface area contributed by atoms with Crippen molar-refractivity contribution in [2.75, 3.05) is 6.61 Å². The minimum absolute atomic E-state index is 0.137. The van der Waals surface area contributed by atoms with Crippen molar-refractivity contribution in [2.24, 2.45) is 11.1 Å². The van der Waals surface area contributed by atoms with E-state index in [1.165, 1.54) is 0 Å². The minimum atomic E-state index is -4.79. The molecule has 1 fully saturated rings. The third-order valence-electron chi connectivity index (χ3n) is 4.05. The van der Waals surface area contributed by atoms with Gasteiger partial charge in [-0.25, -0.2) is 4.28 Å². The molecule has 9 nitrogen and oxygen atoms in total. The third kappa shape index (κ3) is 5.91. The maximum absolute atomic E-state index is 10.8. The average Bonchev–Trinajstić information content (AvgIpc) is 2.60. The zero-order valence-electron chi connectivity index (χ0n) is 13.6. The average molecular weight is 407 g/mol. The highest BCUT2D eigenvalue weighted by Crippen LogP contribution is 2.34. The Kier molecular flexibility index (Phi) is 7.41. The van der Waals surface area contributed by atoms with Gasteiger partial charge >= 0.3 is 10.4 Å². The van der Waals surface area contributed by atoms with Crippen molar-refractivity contribution in [3.05, 3.63) is 35.9 Å². The van der Waals surface area contributed by atoms with Gasteiger partial charge in [0.05, 0.1) is 12.2 Å². The molecule has 1 aromatic carbocycles. The number of oxime groups is 1. The van der Waals surface area contributed by atoms with Crippen molar-refractivity contribution >= 4 is 27.2 Å². The second-order valence-corrected chi connectivity index (χ2v) is 8.27. The number of thioether (sulfide) groups is 1. The number of benzene rings is 1. The van der Waals surface area contributed by atoms with E-state index in [-0.39, 0.29) is 24.5 Å². The lowest BCUT2D eigenvalue weighted by Crippen LogP contribution is -2.53. The van der Waals surface area contributed by atoms with E-state index in [9.17, 15) is 28.8 Å². The Morgan fingerprint density at radius 1 is 1.15 bits per heavy atom. The van der Waals surface area contributed by atoms with Crippen LogP contribution in [-0.4, -0.2) is 68.6 Å². The fourth-order valence-electron chi connectivity index (χ4n) is 2.71. The topological polar surface area (TPSA) is 157 Å². The summed E-state index contributed by atoms with van der Waals surface area (Å²) >= 11 is 0.951. The highest BCUT2D eigenvalue weighted by Gasteiger charge is 2.43. The molecule has 0 heterocycles. The van der Waals surface area contributed by atoms with Crippen LogP contribution in [0.3, 0.4) is 0 Å². The van der Waals surface area contributed by atoms with Crippen molar-refractivity contribution < 1.29 is 37.7 Å². The Morgan fingerprint density at radius 3 is 2.38 bits per heavy atom. The standard InChI is InChI=1S/C15H21NO8S2/c17-8-10-7-11(14(19)15(20)13(10)18)25-12(16-24-26(21,22)23)6-9-4-2-1-3-5-9/h1-5,10-11,13-15,17-20H,6-8H2,(H,21,22,23)/b16-12-/t10?,11?,13-,14-,15+/m1/s1. The molecule has 0 spiro atoms. The quantitative estimate of drug-likeness (QED) is 0.182. The van der Waals surface area contributed by atoms with Gasteiger partial charge in [-0.05, 0) is 12.0 Å². The molecule has 5 atom stereocenters. The summed E-state index contributed by atoms with van der Waals surface area (Å²) in [6.07, 6.45) is -3.72. The van der Waals surface area contributed by atoms with Crippen LogP contribution in [0.5, 0.6) is 0 Å². The number of rotatable bonds is 6. The summed E-state index contributed by atoms with van der Waals surface area (Å²) in [5.41, 5.74) is 0.780. The van der Waals surface area contributed by atoms with Crippen LogP contribution in [0.25, 0.3) is 0 Å². The van der Waals surface area contributed by atoms with Gasteiger partial charge in [-0.1, -0.05) is 35.5 Å². The molecule has 0 saturated heterocycles. The molecule has 11 heteroatoms. The lowest BCUT2D eigenvalue weighted by atomic mass is 9.83. The normalized spacial score (nSPS) is 30.2. The SMILES string of the molecule is O=S(=O)(O)O/N=C(/Cc1ccccc1)SC1CC(CO)[C@@H](O)[C@H](O)[C@@H]1O. The highest BCUT2D eigenvalue weighted by molar-refractivity contribution is 8.14. The Morgan fingerprint density at radius 2 is 1.81 bits per heavy atom. The molecule has 26 heavy (non-hydrogen) atoms. The molecule has 2 rings (SSSR count). The zero-order chi connectivity index (χ0) is 19.3. The van der Waals surface area contributed by atoms with Crippen molar-refractivity contribution in [3.8, 4) is 0 Å². The first-order valence-electron chi connectivity index (χ1n) is 7.80. The fraction of sp³-hybridized carbons (Fsp3) is 0.533. The van der Waals surface area contributed by atoms with Crippen molar-refractivity contribution in [3.63, 3.8) is 0 Å². The number of aliphatic hydroxyl groups is 4. The van der Waals surface area contributed by atoms with Crippen LogP contribution in [0.2, 0.25) is 0 Å². The van der Waals surface area contributed by atoms with E-state index in [0.29, 0.717) is 0 Å². The van der Waals surface area contributed by atoms with Crippen LogP contribution in [0, 0.1) is 5.92 Å². The Hall–Kier alpha value is -1.21. The number of aliphatic hydroxyl groups excluding tert-OH is 4. The molecule has 5 N–H and O–H groups in total. The molecule has 0 aromatic heterocycles. The first kappa shape index (κ1) is 21.1. The van der Waals surface area contributed by atoms with E-state index in [1.807, 2.05) is 0 Å². The summed E-state index contributed by atoms with van der Waals surface area (Å²) in [6.45, 7) is -0.380. The smallest absolute Gasteiger partial charge is 0.396 e. The molecule has 1 saturated carbocycles. The van der Waals surface area contributed by atoms with E-state index < -0.39 is 39.9 Å². The first-order valence-corrected chi connectivity index (χ1v) is 10.0. The van der Waals surface area contributed by atoms with Crippen molar-refractivity contribution in [1.29, 1.82) is 0 Å². The zero-order valence-corrected chi connectivity index (χ0v) is 15.3. The summed E-state index contributed by atoms with van der Waals surface area (Å²) in [7, 11) is -4.79. The maximum Gasteiger partial charge on any atom is 0.466 e. The number of nitrogens with zero attached hydrogens (tertiary/aromatic N) is 1. The number of hydrogen-bond acceptors (Lipinski definition) is 9. The second kappa shape index (κ2) is 9.13. The molecule has 1 aromatic rings. The van der Waals surface area contributed by atoms with Gasteiger partial charge in [0.2, 0.25) is 0 Å². The van der Waals surface area contributed by atoms with Gasteiger partial charge in [0, 0.05) is 24.2 Å². The molecular formula is C15H21NO8S2. The second-order valence-electron chi connectivity index (χ2n) is 5.96. The molecular weight excluding hydrogens is 386 g/mol. The molecule has 2 unspecified atom stereocenters. The Labute approximate surface area is 155 Å². The van der Waals surface area contributed by atoms with E-state index in [2.05, 4.69) is 9.44 Å². The van der Waals surface area contributed by atoms with Crippen LogP contribution in [-0.2, 0) is 21.1 Å². The molecule has 1 aliphatic rings. The lowest BCUT2D eigenvalue weighted by Gasteiger charge is -2.39. The van der Waals surface area contributed by atoms with Gasteiger partial charge in [-0.2, -0.15) is 8.42 Å². The summed E-state index contributed by atoms with van der Waals surface area (Å²) in [4.78, 5) is 0. The van der Waals surface area contributed by atoms with Gasteiger partial charge in [0.25, 0.3) is 0 Å². The molecule has 146 valence electrons. The van der Waals surface area contributed by atoms with E-state index in [4.69, 9.17) is 4.55 Å². The minimum Gasteiger partial charge on any atom is -0.396 e. The van der Waals surface area contributed by atoms with E-state index in [0.717, 1.165) is 17.3 Å². The van der Waals surface area contributed by atoms with Gasteiger partial charge in [-0.15, -0.1) is 11.8 Å². The summed E-state index contributed by atoms with van der Waals surface area (Å²) in [6, 6.07) is 8.90. The predicted molar refractivity (Wildman–Crippen MR) is 94.8 cm³/mol. The summed E-state index contributed by atoms with van der Waals surface area (Å²) in [5, 5.41) is 42.2. The van der Waals surface area contributed by atoms with Crippen LogP contribution in [0.15, 0.2) is 35.5 Å². The summed E-state index contributed by atoms with van der Waals surface area (Å²) < 4.78 is 34.4. The lowest BCUT2D eigenvalue weighted by molar-refractivity contribution is -0.114. The van der Waals surface area contributed by atoms with Crippen LogP contribution in [0.1, 0.15) is 12.0 Å². The summed E-state index contributed by atoms with van der Waals surface area (Å²) in [5.74, 6) is -0.647. The van der Waals surface area contributed by atoms with Gasteiger partial charge in [0.1, 0.15) is 11.1 Å². The van der Waals surface area contributed by atoms with Gasteiger partial charge in [0.15, 0.2) is 0 Å². The van der Waals surface area contributed by atoms with Crippen molar-refractivity contribution in [1.82, 2.24) is 0 Å². The Balaban J connectivity index is 2.19. The molecule has 0 bridgehead atoms. The Bertz CT molecular complexity index is 710. The monoisotopic (exact) mass is 407 g/mol. The van der Waals surface area contributed by atoms with Crippen LogP contribution >= 0.6 is 11.8 Å². The van der Waals surface area contributed by atoms with E-state index >= 15 is 0 Å². The van der Waals surface area contributed by atoms with Crippen molar-refractivity contribution in [2.45, 2.75) is 36.4 Å². The third-order valence-corrected chi connectivity index (χ3v) is 5.58. The van der Waals surface area contributed by atoms with Crippen LogP contribution in [0.4, 0.5) is 0 Å².